The smallest absolute Gasteiger partial charge is 0.246 e. The van der Waals surface area contributed by atoms with Crippen molar-refractivity contribution in [3.8, 4) is 0 Å². The Kier molecular flexibility index (Phi) is 3.39. The third kappa shape index (κ3) is 1.88. The van der Waals surface area contributed by atoms with E-state index in [2.05, 4.69) is 5.32 Å². The molecule has 0 aromatic rings. The summed E-state index contributed by atoms with van der Waals surface area (Å²) in [6, 6.07) is 0. The average Bonchev–Trinajstić information content (AvgIpc) is 2.84. The zero-order chi connectivity index (χ0) is 9.53. The molecule has 0 aromatic carbocycles. The molecular weight excluding hydrogens is 212 g/mol. The molecule has 1 atom stereocenters. The van der Waals surface area contributed by atoms with Crippen LogP contribution in [0.25, 0.3) is 0 Å². The molecule has 14 heavy (non-hydrogen) atoms. The minimum atomic E-state index is -2.39. The summed E-state index contributed by atoms with van der Waals surface area (Å²) in [6.45, 7) is 0.235. The predicted octanol–water partition coefficient (Wildman–Crippen LogP) is 1.57. The first kappa shape index (κ1) is 12.1. The van der Waals surface area contributed by atoms with Gasteiger partial charge in [-0.2, -0.15) is 0 Å². The Morgan fingerprint density at radius 1 is 1.29 bits per heavy atom. The van der Waals surface area contributed by atoms with Gasteiger partial charge in [-0.25, -0.2) is 8.78 Å². The number of hydrogen-bond donors (Lipinski definition) is 2. The van der Waals surface area contributed by atoms with Crippen LogP contribution in [0, 0.1) is 5.41 Å². The van der Waals surface area contributed by atoms with E-state index in [1.54, 1.807) is 0 Å². The van der Waals surface area contributed by atoms with Crippen LogP contribution in [0.1, 0.15) is 25.7 Å². The molecule has 1 spiro atoms. The minimum absolute atomic E-state index is 0. The number of hydrogen-bond acceptors (Lipinski definition) is 2. The van der Waals surface area contributed by atoms with Crippen molar-refractivity contribution in [1.29, 1.82) is 0 Å². The number of nitrogens with one attached hydrogen (secondary N) is 1. The van der Waals surface area contributed by atoms with Crippen molar-refractivity contribution in [1.82, 2.24) is 5.32 Å². The molecule has 2 nitrogen and oxygen atoms in total. The number of halogens is 3. The summed E-state index contributed by atoms with van der Waals surface area (Å²) in [7, 11) is 0. The number of aliphatic hydroxyl groups excluding tert-OH is 1. The number of rotatable bonds is 2. The molecule has 2 rings (SSSR count). The molecule has 0 amide bonds. The third-order valence-corrected chi connectivity index (χ3v) is 3.44. The van der Waals surface area contributed by atoms with Crippen molar-refractivity contribution in [2.24, 2.45) is 5.41 Å². The van der Waals surface area contributed by atoms with Gasteiger partial charge in [-0.05, 0) is 32.2 Å². The standard InChI is InChI=1S/C9H15F2NO.ClH/c10-7(11)8(6-13)3-4-12-9(5-8)1-2-9;/h7,12-13H,1-6H2;1H. The molecule has 2 aliphatic rings. The summed E-state index contributed by atoms with van der Waals surface area (Å²) >= 11 is 0. The van der Waals surface area contributed by atoms with Gasteiger partial charge in [0, 0.05) is 5.54 Å². The van der Waals surface area contributed by atoms with Gasteiger partial charge in [0.2, 0.25) is 6.43 Å². The quantitative estimate of drug-likeness (QED) is 0.751. The van der Waals surface area contributed by atoms with Crippen LogP contribution >= 0.6 is 12.4 Å². The summed E-state index contributed by atoms with van der Waals surface area (Å²) in [5.41, 5.74) is -1.17. The molecular formula is C9H16ClF2NO. The highest BCUT2D eigenvalue weighted by Crippen LogP contribution is 2.50. The fraction of sp³-hybridized carbons (Fsp3) is 1.00. The van der Waals surface area contributed by atoms with Gasteiger partial charge in [-0.15, -0.1) is 12.4 Å². The Bertz CT molecular complexity index is 211. The lowest BCUT2D eigenvalue weighted by Gasteiger charge is -2.40. The lowest BCUT2D eigenvalue weighted by atomic mass is 9.76. The lowest BCUT2D eigenvalue weighted by molar-refractivity contribution is -0.0724. The summed E-state index contributed by atoms with van der Waals surface area (Å²) in [6.07, 6.45) is 0.414. The second kappa shape index (κ2) is 3.91. The zero-order valence-corrected chi connectivity index (χ0v) is 8.75. The van der Waals surface area contributed by atoms with E-state index in [4.69, 9.17) is 5.11 Å². The maximum Gasteiger partial charge on any atom is 0.246 e. The Balaban J connectivity index is 0.000000980. The molecule has 1 saturated carbocycles. The van der Waals surface area contributed by atoms with Gasteiger partial charge in [-0.1, -0.05) is 0 Å². The Morgan fingerprint density at radius 2 is 1.93 bits per heavy atom. The van der Waals surface area contributed by atoms with Crippen LogP contribution in [0.3, 0.4) is 0 Å². The van der Waals surface area contributed by atoms with Crippen molar-refractivity contribution in [2.75, 3.05) is 13.2 Å². The number of piperidine rings is 1. The second-order valence-corrected chi connectivity index (χ2v) is 4.46. The number of aliphatic hydroxyl groups is 1. The molecule has 1 saturated heterocycles. The van der Waals surface area contributed by atoms with Crippen molar-refractivity contribution in [2.45, 2.75) is 37.6 Å². The van der Waals surface area contributed by atoms with Crippen LogP contribution in [0.4, 0.5) is 8.78 Å². The van der Waals surface area contributed by atoms with E-state index in [0.29, 0.717) is 19.4 Å². The Morgan fingerprint density at radius 3 is 2.36 bits per heavy atom. The van der Waals surface area contributed by atoms with Gasteiger partial charge in [0.1, 0.15) is 0 Å². The van der Waals surface area contributed by atoms with Crippen LogP contribution in [-0.4, -0.2) is 30.2 Å². The zero-order valence-electron chi connectivity index (χ0n) is 7.93. The fourth-order valence-electron chi connectivity index (χ4n) is 2.30. The first-order valence-corrected chi connectivity index (χ1v) is 4.77. The van der Waals surface area contributed by atoms with Gasteiger partial charge >= 0.3 is 0 Å². The van der Waals surface area contributed by atoms with Gasteiger partial charge in [0.15, 0.2) is 0 Å². The van der Waals surface area contributed by atoms with E-state index >= 15 is 0 Å². The molecule has 0 radical (unpaired) electrons. The van der Waals surface area contributed by atoms with Crippen molar-refractivity contribution < 1.29 is 13.9 Å². The van der Waals surface area contributed by atoms with Gasteiger partial charge in [0.05, 0.1) is 12.0 Å². The minimum Gasteiger partial charge on any atom is -0.396 e. The largest absolute Gasteiger partial charge is 0.396 e. The SMILES string of the molecule is Cl.OCC1(C(F)F)CCNC2(CC2)C1. The summed E-state index contributed by atoms with van der Waals surface area (Å²) < 4.78 is 25.5. The topological polar surface area (TPSA) is 32.3 Å². The molecule has 1 aliphatic carbocycles. The first-order valence-electron chi connectivity index (χ1n) is 4.77. The molecule has 1 heterocycles. The summed E-state index contributed by atoms with van der Waals surface area (Å²) in [4.78, 5) is 0. The Hall–Kier alpha value is 0.0700. The maximum atomic E-state index is 12.8. The van der Waals surface area contributed by atoms with E-state index < -0.39 is 11.8 Å². The third-order valence-electron chi connectivity index (χ3n) is 3.44. The fourth-order valence-corrected chi connectivity index (χ4v) is 2.30. The van der Waals surface area contributed by atoms with E-state index in [9.17, 15) is 8.78 Å². The Labute approximate surface area is 88.5 Å². The predicted molar refractivity (Wildman–Crippen MR) is 52.0 cm³/mol. The molecule has 2 N–H and O–H groups in total. The van der Waals surface area contributed by atoms with Gasteiger partial charge in [0.25, 0.3) is 0 Å². The normalized spacial score (nSPS) is 34.3. The van der Waals surface area contributed by atoms with Crippen molar-refractivity contribution in [3.05, 3.63) is 0 Å². The highest BCUT2D eigenvalue weighted by atomic mass is 35.5. The van der Waals surface area contributed by atoms with Gasteiger partial charge in [-0.3, -0.25) is 0 Å². The molecule has 84 valence electrons. The summed E-state index contributed by atoms with van der Waals surface area (Å²) in [5, 5.41) is 12.3. The number of alkyl halides is 2. The molecule has 5 heteroatoms. The molecule has 0 bridgehead atoms. The molecule has 0 aromatic heterocycles. The second-order valence-electron chi connectivity index (χ2n) is 4.46. The van der Waals surface area contributed by atoms with E-state index in [1.165, 1.54) is 0 Å². The average molecular weight is 228 g/mol. The summed E-state index contributed by atoms with van der Waals surface area (Å²) in [5.74, 6) is 0. The monoisotopic (exact) mass is 227 g/mol. The molecule has 1 unspecified atom stereocenters. The van der Waals surface area contributed by atoms with Crippen LogP contribution in [0.15, 0.2) is 0 Å². The molecule has 1 aliphatic heterocycles. The van der Waals surface area contributed by atoms with E-state index in [-0.39, 0.29) is 24.6 Å². The highest BCUT2D eigenvalue weighted by molar-refractivity contribution is 5.85. The van der Waals surface area contributed by atoms with Crippen LogP contribution in [0.5, 0.6) is 0 Å². The highest BCUT2D eigenvalue weighted by Gasteiger charge is 2.54. The van der Waals surface area contributed by atoms with Crippen LogP contribution < -0.4 is 5.32 Å². The van der Waals surface area contributed by atoms with E-state index in [0.717, 1.165) is 12.8 Å². The lowest BCUT2D eigenvalue weighted by Crippen LogP contribution is -2.50. The van der Waals surface area contributed by atoms with Crippen molar-refractivity contribution >= 4 is 12.4 Å². The van der Waals surface area contributed by atoms with Gasteiger partial charge < -0.3 is 10.4 Å². The van der Waals surface area contributed by atoms with Crippen LogP contribution in [-0.2, 0) is 0 Å². The molecule has 2 fully saturated rings. The van der Waals surface area contributed by atoms with Crippen molar-refractivity contribution in [3.63, 3.8) is 0 Å². The van der Waals surface area contributed by atoms with Crippen LogP contribution in [0.2, 0.25) is 0 Å². The first-order chi connectivity index (χ1) is 6.13. The maximum absolute atomic E-state index is 12.8. The van der Waals surface area contributed by atoms with E-state index in [1.807, 2.05) is 0 Å².